The average Bonchev–Trinajstić information content (AvgIpc) is 3.01. The van der Waals surface area contributed by atoms with Gasteiger partial charge in [-0.2, -0.15) is 0 Å². The molecule has 0 spiro atoms. The maximum absolute atomic E-state index is 10.8. The summed E-state index contributed by atoms with van der Waals surface area (Å²) in [5.74, 6) is 0.0802. The number of likely N-dealkylation sites (tertiary alicyclic amines) is 1. The maximum Gasteiger partial charge on any atom is 0.320 e. The number of hydrogen-bond acceptors (Lipinski definition) is 4. The molecule has 1 aromatic rings. The van der Waals surface area contributed by atoms with Crippen molar-refractivity contribution >= 4 is 5.97 Å². The van der Waals surface area contributed by atoms with Gasteiger partial charge in [0.05, 0.1) is 12.3 Å². The number of nitrogens with zero attached hydrogens (tertiary/aromatic N) is 1. The topological polar surface area (TPSA) is 65.7 Å². The van der Waals surface area contributed by atoms with Gasteiger partial charge in [-0.3, -0.25) is 9.69 Å². The second kappa shape index (κ2) is 6.02. The van der Waals surface area contributed by atoms with E-state index in [-0.39, 0.29) is 6.04 Å². The number of hydrogen-bond donors (Lipinski definition) is 2. The van der Waals surface area contributed by atoms with E-state index in [1.54, 1.807) is 13.2 Å². The monoisotopic (exact) mass is 252 g/mol. The summed E-state index contributed by atoms with van der Waals surface area (Å²) in [6.07, 6.45) is 4.07. The van der Waals surface area contributed by atoms with E-state index < -0.39 is 12.0 Å². The fourth-order valence-electron chi connectivity index (χ4n) is 2.32. The highest BCUT2D eigenvalue weighted by Crippen LogP contribution is 2.24. The van der Waals surface area contributed by atoms with Crippen molar-refractivity contribution in [3.8, 4) is 0 Å². The molecule has 2 atom stereocenters. The largest absolute Gasteiger partial charge is 0.480 e. The normalized spacial score (nSPS) is 19.8. The second-order valence-corrected chi connectivity index (χ2v) is 4.74. The Morgan fingerprint density at radius 2 is 2.28 bits per heavy atom. The van der Waals surface area contributed by atoms with E-state index in [1.165, 1.54) is 12.8 Å². The molecular formula is C13H20N2O3. The van der Waals surface area contributed by atoms with E-state index in [2.05, 4.69) is 10.2 Å². The van der Waals surface area contributed by atoms with Crippen molar-refractivity contribution < 1.29 is 14.3 Å². The van der Waals surface area contributed by atoms with Gasteiger partial charge in [0.15, 0.2) is 0 Å². The first-order valence-corrected chi connectivity index (χ1v) is 6.42. The highest BCUT2D eigenvalue weighted by molar-refractivity contribution is 5.72. The number of furan rings is 1. The maximum atomic E-state index is 10.8. The molecule has 5 nitrogen and oxygen atoms in total. The van der Waals surface area contributed by atoms with Crippen LogP contribution < -0.4 is 5.32 Å². The predicted molar refractivity (Wildman–Crippen MR) is 67.4 cm³/mol. The van der Waals surface area contributed by atoms with Crippen molar-refractivity contribution in [1.82, 2.24) is 10.2 Å². The van der Waals surface area contributed by atoms with E-state index in [4.69, 9.17) is 9.52 Å². The van der Waals surface area contributed by atoms with Crippen molar-refractivity contribution in [2.75, 3.05) is 19.6 Å². The molecule has 2 heterocycles. The number of carbonyl (C=O) groups is 1. The molecule has 1 aliphatic rings. The number of carboxylic acids is 1. The standard InChI is InChI=1S/C13H20N2O3/c1-10(13(16)17)14-9-11(12-5-4-8-18-12)15-6-2-3-7-15/h4-5,8,10-11,14H,2-3,6-7,9H2,1H3,(H,16,17). The van der Waals surface area contributed by atoms with Gasteiger partial charge in [-0.05, 0) is 45.0 Å². The molecule has 5 heteroatoms. The smallest absolute Gasteiger partial charge is 0.320 e. The molecule has 1 aromatic heterocycles. The molecule has 1 saturated heterocycles. The third-order valence-corrected chi connectivity index (χ3v) is 3.44. The van der Waals surface area contributed by atoms with Gasteiger partial charge < -0.3 is 14.8 Å². The van der Waals surface area contributed by atoms with Gasteiger partial charge in [0.1, 0.15) is 11.8 Å². The van der Waals surface area contributed by atoms with Gasteiger partial charge in [0.25, 0.3) is 0 Å². The second-order valence-electron chi connectivity index (χ2n) is 4.74. The molecule has 2 rings (SSSR count). The van der Waals surface area contributed by atoms with Gasteiger partial charge in [0.2, 0.25) is 0 Å². The Hall–Kier alpha value is -1.33. The minimum Gasteiger partial charge on any atom is -0.480 e. The molecule has 0 aliphatic carbocycles. The van der Waals surface area contributed by atoms with Crippen LogP contribution in [0.5, 0.6) is 0 Å². The summed E-state index contributed by atoms with van der Waals surface area (Å²) in [6.45, 7) is 4.36. The zero-order chi connectivity index (χ0) is 13.0. The Morgan fingerprint density at radius 1 is 1.56 bits per heavy atom. The molecule has 1 aliphatic heterocycles. The molecule has 0 amide bonds. The van der Waals surface area contributed by atoms with Crippen LogP contribution in [0.15, 0.2) is 22.8 Å². The van der Waals surface area contributed by atoms with Crippen molar-refractivity contribution in [2.45, 2.75) is 31.8 Å². The SMILES string of the molecule is CC(NCC(c1ccco1)N1CCCC1)C(=O)O. The van der Waals surface area contributed by atoms with Crippen LogP contribution in [0.25, 0.3) is 0 Å². The third-order valence-electron chi connectivity index (χ3n) is 3.44. The van der Waals surface area contributed by atoms with E-state index in [1.807, 2.05) is 12.1 Å². The molecule has 2 unspecified atom stereocenters. The van der Waals surface area contributed by atoms with Crippen LogP contribution in [-0.2, 0) is 4.79 Å². The van der Waals surface area contributed by atoms with Crippen LogP contribution in [-0.4, -0.2) is 41.7 Å². The summed E-state index contributed by atoms with van der Waals surface area (Å²) in [7, 11) is 0. The van der Waals surface area contributed by atoms with Crippen LogP contribution in [0.3, 0.4) is 0 Å². The highest BCUT2D eigenvalue weighted by Gasteiger charge is 2.26. The van der Waals surface area contributed by atoms with Crippen LogP contribution >= 0.6 is 0 Å². The minimum atomic E-state index is -0.824. The van der Waals surface area contributed by atoms with E-state index in [0.29, 0.717) is 6.54 Å². The summed E-state index contributed by atoms with van der Waals surface area (Å²) < 4.78 is 5.47. The molecule has 0 bridgehead atoms. The van der Waals surface area contributed by atoms with Crippen molar-refractivity contribution in [2.24, 2.45) is 0 Å². The molecular weight excluding hydrogens is 232 g/mol. The Balaban J connectivity index is 1.99. The predicted octanol–water partition coefficient (Wildman–Crippen LogP) is 1.48. The molecule has 0 aromatic carbocycles. The molecule has 0 radical (unpaired) electrons. The lowest BCUT2D eigenvalue weighted by Gasteiger charge is -2.26. The lowest BCUT2D eigenvalue weighted by molar-refractivity contribution is -0.139. The van der Waals surface area contributed by atoms with E-state index in [0.717, 1.165) is 18.8 Å². The van der Waals surface area contributed by atoms with Crippen molar-refractivity contribution in [3.63, 3.8) is 0 Å². The van der Waals surface area contributed by atoms with Crippen molar-refractivity contribution in [3.05, 3.63) is 24.2 Å². The van der Waals surface area contributed by atoms with Crippen LogP contribution in [0.2, 0.25) is 0 Å². The van der Waals surface area contributed by atoms with Gasteiger partial charge in [-0.15, -0.1) is 0 Å². The fraction of sp³-hybridized carbons (Fsp3) is 0.615. The summed E-state index contributed by atoms with van der Waals surface area (Å²) in [6, 6.07) is 3.42. The Labute approximate surface area is 107 Å². The third kappa shape index (κ3) is 3.11. The molecule has 1 fully saturated rings. The Morgan fingerprint density at radius 3 is 2.83 bits per heavy atom. The van der Waals surface area contributed by atoms with Gasteiger partial charge >= 0.3 is 5.97 Å². The number of carboxylic acid groups (broad SMARTS) is 1. The molecule has 100 valence electrons. The molecule has 2 N–H and O–H groups in total. The number of nitrogens with one attached hydrogen (secondary N) is 1. The average molecular weight is 252 g/mol. The van der Waals surface area contributed by atoms with Crippen LogP contribution in [0.1, 0.15) is 31.6 Å². The summed E-state index contributed by atoms with van der Waals surface area (Å²) in [4.78, 5) is 13.2. The first-order valence-electron chi connectivity index (χ1n) is 6.42. The van der Waals surface area contributed by atoms with E-state index in [9.17, 15) is 4.79 Å². The molecule has 18 heavy (non-hydrogen) atoms. The summed E-state index contributed by atoms with van der Waals surface area (Å²) in [5, 5.41) is 11.9. The lowest BCUT2D eigenvalue weighted by atomic mass is 10.2. The zero-order valence-electron chi connectivity index (χ0n) is 10.6. The Kier molecular flexibility index (Phi) is 4.38. The quantitative estimate of drug-likeness (QED) is 0.802. The lowest BCUT2D eigenvalue weighted by Crippen LogP contribution is -2.40. The first kappa shape index (κ1) is 13.1. The van der Waals surface area contributed by atoms with Crippen molar-refractivity contribution in [1.29, 1.82) is 0 Å². The summed E-state index contributed by atoms with van der Waals surface area (Å²) >= 11 is 0. The molecule has 0 saturated carbocycles. The number of rotatable bonds is 6. The summed E-state index contributed by atoms with van der Waals surface area (Å²) in [5.41, 5.74) is 0. The number of aliphatic carboxylic acids is 1. The highest BCUT2D eigenvalue weighted by atomic mass is 16.4. The van der Waals surface area contributed by atoms with Crippen LogP contribution in [0.4, 0.5) is 0 Å². The van der Waals surface area contributed by atoms with Gasteiger partial charge in [-0.1, -0.05) is 0 Å². The van der Waals surface area contributed by atoms with Gasteiger partial charge in [-0.25, -0.2) is 0 Å². The fourth-order valence-corrected chi connectivity index (χ4v) is 2.32. The first-order chi connectivity index (χ1) is 8.68. The van der Waals surface area contributed by atoms with Crippen LogP contribution in [0, 0.1) is 0 Å². The zero-order valence-corrected chi connectivity index (χ0v) is 10.6. The van der Waals surface area contributed by atoms with Gasteiger partial charge in [0, 0.05) is 6.54 Å². The Bertz CT molecular complexity index is 372. The minimum absolute atomic E-state index is 0.129. The van der Waals surface area contributed by atoms with E-state index >= 15 is 0 Å².